The molecule has 0 saturated heterocycles. The molecule has 1 aromatic carbocycles. The van der Waals surface area contributed by atoms with Crippen molar-refractivity contribution in [3.63, 3.8) is 0 Å². The summed E-state index contributed by atoms with van der Waals surface area (Å²) in [7, 11) is 0. The summed E-state index contributed by atoms with van der Waals surface area (Å²) in [6.07, 6.45) is 4.69. The number of rotatable bonds is 1. The first kappa shape index (κ1) is 12.5. The van der Waals surface area contributed by atoms with E-state index in [1.165, 1.54) is 6.20 Å². The Kier molecular flexibility index (Phi) is 4.40. The summed E-state index contributed by atoms with van der Waals surface area (Å²) in [5.74, 6) is 0.197. The van der Waals surface area contributed by atoms with Crippen LogP contribution in [0.5, 0.6) is 5.75 Å². The highest BCUT2D eigenvalue weighted by atomic mass is 16.3. The summed E-state index contributed by atoms with van der Waals surface area (Å²) in [5, 5.41) is 30.4. The van der Waals surface area contributed by atoms with E-state index in [1.54, 1.807) is 42.7 Å². The molecule has 0 saturated carbocycles. The standard InChI is InChI=1S/C9H7N3O.C3H3N3/c13-9-4-2-1-3-7(9)8-5-6-10-12-11-8;1-2-4-6-5-3-1/h1-6,13H;1-3H. The minimum Gasteiger partial charge on any atom is -0.507 e. The average molecular weight is 254 g/mol. The van der Waals surface area contributed by atoms with Crippen molar-refractivity contribution in [2.75, 3.05) is 0 Å². The van der Waals surface area contributed by atoms with Crippen LogP contribution in [0.4, 0.5) is 0 Å². The summed E-state index contributed by atoms with van der Waals surface area (Å²) in [6, 6.07) is 10.4. The second-order valence-electron chi connectivity index (χ2n) is 3.33. The summed E-state index contributed by atoms with van der Waals surface area (Å²) in [4.78, 5) is 0. The number of hydrogen-bond acceptors (Lipinski definition) is 7. The predicted octanol–water partition coefficient (Wildman–Crippen LogP) is 1.12. The Hall–Kier alpha value is -2.96. The van der Waals surface area contributed by atoms with Crippen molar-refractivity contribution < 1.29 is 5.11 Å². The number of nitrogens with zero attached hydrogens (tertiary/aromatic N) is 6. The molecule has 7 nitrogen and oxygen atoms in total. The maximum Gasteiger partial charge on any atom is 0.125 e. The fourth-order valence-electron chi connectivity index (χ4n) is 1.28. The molecule has 3 aromatic rings. The summed E-state index contributed by atoms with van der Waals surface area (Å²) in [5.41, 5.74) is 1.28. The van der Waals surface area contributed by atoms with Crippen LogP contribution >= 0.6 is 0 Å². The van der Waals surface area contributed by atoms with Gasteiger partial charge >= 0.3 is 0 Å². The maximum absolute atomic E-state index is 9.48. The summed E-state index contributed by atoms with van der Waals surface area (Å²) < 4.78 is 0. The lowest BCUT2D eigenvalue weighted by atomic mass is 10.1. The molecule has 0 aliphatic heterocycles. The summed E-state index contributed by atoms with van der Waals surface area (Å²) in [6.45, 7) is 0. The van der Waals surface area contributed by atoms with Gasteiger partial charge in [-0.15, -0.1) is 20.4 Å². The van der Waals surface area contributed by atoms with E-state index in [0.29, 0.717) is 11.3 Å². The lowest BCUT2D eigenvalue weighted by Crippen LogP contribution is -1.88. The largest absolute Gasteiger partial charge is 0.507 e. The Morgan fingerprint density at radius 1 is 0.737 bits per heavy atom. The molecule has 0 fully saturated rings. The Labute approximate surface area is 109 Å². The van der Waals surface area contributed by atoms with Crippen LogP contribution in [0.1, 0.15) is 0 Å². The number of aromatic nitrogens is 6. The average Bonchev–Trinajstić information content (AvgIpc) is 2.51. The normalized spacial score (nSPS) is 9.26. The quantitative estimate of drug-likeness (QED) is 0.694. The minimum atomic E-state index is 0.197. The third kappa shape index (κ3) is 3.77. The van der Waals surface area contributed by atoms with Crippen LogP contribution in [-0.2, 0) is 0 Å². The lowest BCUT2D eigenvalue weighted by molar-refractivity contribution is 0.477. The van der Waals surface area contributed by atoms with Gasteiger partial charge in [-0.3, -0.25) is 0 Å². The van der Waals surface area contributed by atoms with Crippen molar-refractivity contribution in [1.29, 1.82) is 0 Å². The van der Waals surface area contributed by atoms with Crippen LogP contribution in [0.3, 0.4) is 0 Å². The van der Waals surface area contributed by atoms with Crippen LogP contribution in [-0.4, -0.2) is 35.9 Å². The molecule has 0 bridgehead atoms. The molecule has 0 aliphatic rings. The van der Waals surface area contributed by atoms with E-state index < -0.39 is 0 Å². The van der Waals surface area contributed by atoms with E-state index >= 15 is 0 Å². The zero-order valence-corrected chi connectivity index (χ0v) is 9.83. The van der Waals surface area contributed by atoms with Crippen molar-refractivity contribution in [2.45, 2.75) is 0 Å². The lowest BCUT2D eigenvalue weighted by Gasteiger charge is -2.00. The van der Waals surface area contributed by atoms with E-state index in [9.17, 15) is 5.11 Å². The van der Waals surface area contributed by atoms with Crippen LogP contribution in [0, 0.1) is 0 Å². The highest BCUT2D eigenvalue weighted by molar-refractivity contribution is 5.65. The van der Waals surface area contributed by atoms with Gasteiger partial charge in [0.2, 0.25) is 0 Å². The van der Waals surface area contributed by atoms with Crippen molar-refractivity contribution in [2.24, 2.45) is 0 Å². The van der Waals surface area contributed by atoms with Gasteiger partial charge in [0.15, 0.2) is 0 Å². The van der Waals surface area contributed by atoms with Gasteiger partial charge < -0.3 is 5.11 Å². The second-order valence-corrected chi connectivity index (χ2v) is 3.33. The molecule has 94 valence electrons. The monoisotopic (exact) mass is 254 g/mol. The molecule has 0 amide bonds. The topological polar surface area (TPSA) is 97.6 Å². The van der Waals surface area contributed by atoms with E-state index in [1.807, 2.05) is 6.07 Å². The number of para-hydroxylation sites is 1. The molecule has 1 N–H and O–H groups in total. The van der Waals surface area contributed by atoms with Gasteiger partial charge in [-0.1, -0.05) is 12.1 Å². The van der Waals surface area contributed by atoms with Gasteiger partial charge in [0.25, 0.3) is 0 Å². The van der Waals surface area contributed by atoms with Crippen LogP contribution in [0.15, 0.2) is 55.0 Å². The highest BCUT2D eigenvalue weighted by Crippen LogP contribution is 2.25. The molecule has 0 atom stereocenters. The first-order valence-electron chi connectivity index (χ1n) is 5.39. The molecule has 0 unspecified atom stereocenters. The van der Waals surface area contributed by atoms with Crippen molar-refractivity contribution in [3.8, 4) is 17.0 Å². The van der Waals surface area contributed by atoms with Crippen molar-refractivity contribution in [1.82, 2.24) is 30.8 Å². The Balaban J connectivity index is 0.000000186. The van der Waals surface area contributed by atoms with Gasteiger partial charge in [0.1, 0.15) is 5.75 Å². The molecule has 0 radical (unpaired) electrons. The molecule has 2 heterocycles. The van der Waals surface area contributed by atoms with Gasteiger partial charge in [0, 0.05) is 5.56 Å². The Morgan fingerprint density at radius 2 is 1.47 bits per heavy atom. The second kappa shape index (κ2) is 6.70. The summed E-state index contributed by atoms with van der Waals surface area (Å²) >= 11 is 0. The molecule has 0 aliphatic carbocycles. The van der Waals surface area contributed by atoms with Gasteiger partial charge in [0.05, 0.1) is 24.3 Å². The van der Waals surface area contributed by atoms with E-state index in [0.717, 1.165) is 0 Å². The fourth-order valence-corrected chi connectivity index (χ4v) is 1.28. The maximum atomic E-state index is 9.48. The van der Waals surface area contributed by atoms with E-state index in [4.69, 9.17) is 0 Å². The van der Waals surface area contributed by atoms with E-state index in [-0.39, 0.29) is 5.75 Å². The van der Waals surface area contributed by atoms with E-state index in [2.05, 4.69) is 30.8 Å². The Morgan fingerprint density at radius 3 is 2.00 bits per heavy atom. The zero-order chi connectivity index (χ0) is 13.3. The van der Waals surface area contributed by atoms with Crippen LogP contribution in [0.25, 0.3) is 11.3 Å². The van der Waals surface area contributed by atoms with Crippen LogP contribution < -0.4 is 0 Å². The molecular formula is C12H10N6O. The number of phenols is 1. The third-order valence-corrected chi connectivity index (χ3v) is 2.09. The number of phenolic OH excluding ortho intramolecular Hbond substituents is 1. The van der Waals surface area contributed by atoms with Crippen molar-refractivity contribution >= 4 is 0 Å². The molecule has 7 heteroatoms. The first-order chi connectivity index (χ1) is 9.38. The molecule has 2 aromatic heterocycles. The van der Waals surface area contributed by atoms with Crippen molar-refractivity contribution in [3.05, 3.63) is 55.0 Å². The van der Waals surface area contributed by atoms with Gasteiger partial charge in [-0.2, -0.15) is 0 Å². The zero-order valence-electron chi connectivity index (χ0n) is 9.83. The first-order valence-corrected chi connectivity index (χ1v) is 5.39. The molecule has 3 rings (SSSR count). The number of hydrogen-bond donors (Lipinski definition) is 1. The minimum absolute atomic E-state index is 0.197. The third-order valence-electron chi connectivity index (χ3n) is 2.09. The van der Waals surface area contributed by atoms with Gasteiger partial charge in [-0.25, -0.2) is 0 Å². The van der Waals surface area contributed by atoms with Gasteiger partial charge in [-0.05, 0) is 34.7 Å². The molecule has 0 spiro atoms. The number of aromatic hydroxyl groups is 1. The Bertz CT molecular complexity index is 578. The highest BCUT2D eigenvalue weighted by Gasteiger charge is 2.03. The SMILES string of the molecule is Oc1ccccc1-c1ccnnn1.c1cnnnc1. The molecular weight excluding hydrogens is 244 g/mol. The fraction of sp³-hybridized carbons (Fsp3) is 0. The molecule has 19 heavy (non-hydrogen) atoms. The predicted molar refractivity (Wildman–Crippen MR) is 66.8 cm³/mol. The smallest absolute Gasteiger partial charge is 0.125 e. The van der Waals surface area contributed by atoms with Crippen LogP contribution in [0.2, 0.25) is 0 Å². The number of benzene rings is 1.